The lowest BCUT2D eigenvalue weighted by Crippen LogP contribution is -2.43. The van der Waals surface area contributed by atoms with Crippen LogP contribution in [0, 0.1) is 5.82 Å². The van der Waals surface area contributed by atoms with Crippen molar-refractivity contribution in [1.29, 1.82) is 0 Å². The van der Waals surface area contributed by atoms with Gasteiger partial charge in [0.15, 0.2) is 0 Å². The van der Waals surface area contributed by atoms with E-state index in [-0.39, 0.29) is 24.1 Å². The number of nitrogens with zero attached hydrogens (tertiary/aromatic N) is 1. The molecule has 2 rings (SSSR count). The zero-order valence-corrected chi connectivity index (χ0v) is 12.5. The molecular weight excluding hydrogens is 291 g/mol. The normalized spacial score (nSPS) is 11.4. The van der Waals surface area contributed by atoms with E-state index in [4.69, 9.17) is 5.73 Å². The number of halogens is 2. The highest BCUT2D eigenvalue weighted by Crippen LogP contribution is 2.14. The molecule has 0 saturated carbocycles. The molecule has 2 aromatic rings. The number of benzene rings is 2. The van der Waals surface area contributed by atoms with E-state index in [9.17, 15) is 9.18 Å². The predicted molar refractivity (Wildman–Crippen MR) is 85.2 cm³/mol. The van der Waals surface area contributed by atoms with E-state index in [1.165, 1.54) is 17.0 Å². The van der Waals surface area contributed by atoms with E-state index in [0.717, 1.165) is 5.56 Å². The maximum atomic E-state index is 12.9. The van der Waals surface area contributed by atoms with Crippen LogP contribution in [0.15, 0.2) is 54.6 Å². The van der Waals surface area contributed by atoms with E-state index in [0.29, 0.717) is 12.1 Å². The lowest BCUT2D eigenvalue weighted by molar-refractivity contribution is -0.119. The Bertz CT molecular complexity index is 575. The molecule has 3 nitrogen and oxygen atoms in total. The van der Waals surface area contributed by atoms with Crippen LogP contribution in [-0.2, 0) is 11.2 Å². The van der Waals surface area contributed by atoms with Gasteiger partial charge in [-0.25, -0.2) is 4.39 Å². The van der Waals surface area contributed by atoms with Crippen molar-refractivity contribution in [3.63, 3.8) is 0 Å². The summed E-state index contributed by atoms with van der Waals surface area (Å²) >= 11 is 0. The molecule has 0 heterocycles. The molecule has 1 amide bonds. The molecule has 0 aliphatic rings. The van der Waals surface area contributed by atoms with Crippen molar-refractivity contribution in [3.8, 4) is 0 Å². The van der Waals surface area contributed by atoms with Gasteiger partial charge < -0.3 is 10.6 Å². The second kappa shape index (κ2) is 7.76. The first-order valence-corrected chi connectivity index (χ1v) is 6.40. The highest BCUT2D eigenvalue weighted by Gasteiger charge is 2.19. The van der Waals surface area contributed by atoms with Crippen LogP contribution in [0.5, 0.6) is 0 Å². The zero-order valence-electron chi connectivity index (χ0n) is 11.7. The van der Waals surface area contributed by atoms with Crippen molar-refractivity contribution >= 4 is 24.0 Å². The number of amides is 1. The molecule has 0 aromatic heterocycles. The molecular formula is C16H18ClFN2O. The summed E-state index contributed by atoms with van der Waals surface area (Å²) in [5.41, 5.74) is 7.59. The van der Waals surface area contributed by atoms with Crippen LogP contribution in [0.1, 0.15) is 5.56 Å². The molecule has 0 spiro atoms. The highest BCUT2D eigenvalue weighted by atomic mass is 35.5. The summed E-state index contributed by atoms with van der Waals surface area (Å²) in [7, 11) is 1.64. The zero-order chi connectivity index (χ0) is 14.5. The third-order valence-corrected chi connectivity index (χ3v) is 3.16. The Morgan fingerprint density at radius 2 is 1.71 bits per heavy atom. The smallest absolute Gasteiger partial charge is 0.243 e. The number of hydrogen-bond donors (Lipinski definition) is 1. The van der Waals surface area contributed by atoms with E-state index < -0.39 is 6.04 Å². The SMILES string of the molecule is CN(C(=O)C(N)Cc1ccccc1)c1ccc(F)cc1.Cl. The fourth-order valence-corrected chi connectivity index (χ4v) is 2.00. The van der Waals surface area contributed by atoms with Gasteiger partial charge in [-0.2, -0.15) is 0 Å². The second-order valence-corrected chi connectivity index (χ2v) is 4.67. The molecule has 112 valence electrons. The average molecular weight is 309 g/mol. The molecule has 5 heteroatoms. The van der Waals surface area contributed by atoms with Crippen molar-refractivity contribution in [2.24, 2.45) is 5.73 Å². The van der Waals surface area contributed by atoms with E-state index in [1.54, 1.807) is 19.2 Å². The Morgan fingerprint density at radius 1 is 1.14 bits per heavy atom. The first-order chi connectivity index (χ1) is 9.58. The molecule has 1 atom stereocenters. The Kier molecular flexibility index (Phi) is 6.34. The summed E-state index contributed by atoms with van der Waals surface area (Å²) in [6.07, 6.45) is 0.477. The van der Waals surface area contributed by atoms with Crippen LogP contribution in [0.2, 0.25) is 0 Å². The van der Waals surface area contributed by atoms with E-state index in [1.807, 2.05) is 30.3 Å². The van der Waals surface area contributed by atoms with Gasteiger partial charge in [0.2, 0.25) is 5.91 Å². The van der Waals surface area contributed by atoms with Gasteiger partial charge in [-0.3, -0.25) is 4.79 Å². The minimum Gasteiger partial charge on any atom is -0.320 e. The largest absolute Gasteiger partial charge is 0.320 e. The van der Waals surface area contributed by atoms with Gasteiger partial charge in [0.25, 0.3) is 0 Å². The number of nitrogens with two attached hydrogens (primary N) is 1. The third-order valence-electron chi connectivity index (χ3n) is 3.16. The van der Waals surface area contributed by atoms with Crippen LogP contribution >= 0.6 is 12.4 Å². The van der Waals surface area contributed by atoms with Gasteiger partial charge in [0.05, 0.1) is 6.04 Å². The Balaban J connectivity index is 0.00000220. The van der Waals surface area contributed by atoms with Gasteiger partial charge in [0.1, 0.15) is 5.82 Å². The minimum atomic E-state index is -0.618. The van der Waals surface area contributed by atoms with Gasteiger partial charge in [-0.1, -0.05) is 30.3 Å². The van der Waals surface area contributed by atoms with Crippen LogP contribution in [0.25, 0.3) is 0 Å². The standard InChI is InChI=1S/C16H17FN2O.ClH/c1-19(14-9-7-13(17)8-10-14)16(20)15(18)11-12-5-3-2-4-6-12;/h2-10,15H,11,18H2,1H3;1H. The minimum absolute atomic E-state index is 0. The molecule has 0 radical (unpaired) electrons. The van der Waals surface area contributed by atoms with Gasteiger partial charge in [-0.15, -0.1) is 12.4 Å². The van der Waals surface area contributed by atoms with E-state index >= 15 is 0 Å². The fourth-order valence-electron chi connectivity index (χ4n) is 2.00. The predicted octanol–water partition coefficient (Wildman–Crippen LogP) is 2.78. The summed E-state index contributed by atoms with van der Waals surface area (Å²) < 4.78 is 12.9. The van der Waals surface area contributed by atoms with Crippen LogP contribution < -0.4 is 10.6 Å². The van der Waals surface area contributed by atoms with Gasteiger partial charge >= 0.3 is 0 Å². The molecule has 21 heavy (non-hydrogen) atoms. The lowest BCUT2D eigenvalue weighted by atomic mass is 10.1. The van der Waals surface area contributed by atoms with Crippen molar-refractivity contribution < 1.29 is 9.18 Å². The maximum absolute atomic E-state index is 12.9. The number of carbonyl (C=O) groups is 1. The monoisotopic (exact) mass is 308 g/mol. The lowest BCUT2D eigenvalue weighted by Gasteiger charge is -2.21. The molecule has 0 fully saturated rings. The number of likely N-dealkylation sites (N-methyl/N-ethyl adjacent to an activating group) is 1. The topological polar surface area (TPSA) is 46.3 Å². The second-order valence-electron chi connectivity index (χ2n) is 4.67. The van der Waals surface area contributed by atoms with Crippen LogP contribution in [0.4, 0.5) is 10.1 Å². The molecule has 2 aromatic carbocycles. The first kappa shape index (κ1) is 17.1. The first-order valence-electron chi connectivity index (χ1n) is 6.40. The molecule has 2 N–H and O–H groups in total. The summed E-state index contributed by atoms with van der Waals surface area (Å²) in [6.45, 7) is 0. The fraction of sp³-hybridized carbons (Fsp3) is 0.188. The Hall–Kier alpha value is -1.91. The summed E-state index contributed by atoms with van der Waals surface area (Å²) in [5, 5.41) is 0. The van der Waals surface area contributed by atoms with Crippen LogP contribution in [0.3, 0.4) is 0 Å². The third kappa shape index (κ3) is 4.55. The average Bonchev–Trinajstić information content (AvgIpc) is 2.47. The molecule has 1 unspecified atom stereocenters. The number of anilines is 1. The van der Waals surface area contributed by atoms with E-state index in [2.05, 4.69) is 0 Å². The molecule has 0 saturated heterocycles. The number of rotatable bonds is 4. The van der Waals surface area contributed by atoms with Gasteiger partial charge in [-0.05, 0) is 36.2 Å². The van der Waals surface area contributed by atoms with Crippen molar-refractivity contribution in [1.82, 2.24) is 0 Å². The Morgan fingerprint density at radius 3 is 2.29 bits per heavy atom. The Labute approximate surface area is 130 Å². The maximum Gasteiger partial charge on any atom is 0.243 e. The molecule has 0 aliphatic heterocycles. The molecule has 0 aliphatic carbocycles. The quantitative estimate of drug-likeness (QED) is 0.944. The van der Waals surface area contributed by atoms with Crippen molar-refractivity contribution in [2.45, 2.75) is 12.5 Å². The highest BCUT2D eigenvalue weighted by molar-refractivity contribution is 5.96. The van der Waals surface area contributed by atoms with Crippen molar-refractivity contribution in [3.05, 3.63) is 66.0 Å². The number of hydrogen-bond acceptors (Lipinski definition) is 2. The van der Waals surface area contributed by atoms with Crippen LogP contribution in [-0.4, -0.2) is 19.0 Å². The summed E-state index contributed by atoms with van der Waals surface area (Å²) in [5.74, 6) is -0.524. The van der Waals surface area contributed by atoms with Gasteiger partial charge in [0, 0.05) is 12.7 Å². The molecule has 0 bridgehead atoms. The number of carbonyl (C=O) groups excluding carboxylic acids is 1. The summed E-state index contributed by atoms with van der Waals surface area (Å²) in [6, 6.07) is 14.8. The van der Waals surface area contributed by atoms with Crippen molar-refractivity contribution in [2.75, 3.05) is 11.9 Å². The summed E-state index contributed by atoms with van der Waals surface area (Å²) in [4.78, 5) is 13.7.